The molecule has 0 saturated carbocycles. The van der Waals surface area contributed by atoms with Crippen molar-refractivity contribution in [2.45, 2.75) is 39.9 Å². The molecule has 0 aliphatic rings. The van der Waals surface area contributed by atoms with Crippen LogP contribution in [-0.2, 0) is 23.1 Å². The fourth-order valence-corrected chi connectivity index (χ4v) is 1.91. The molecule has 7 heteroatoms. The molecular weight excluding hydrogens is 338 g/mol. The van der Waals surface area contributed by atoms with Gasteiger partial charge in [-0.3, -0.25) is 4.68 Å². The first-order valence-electron chi connectivity index (χ1n) is 6.81. The van der Waals surface area contributed by atoms with E-state index in [2.05, 4.69) is 21.0 Å². The van der Waals surface area contributed by atoms with Crippen molar-refractivity contribution in [2.24, 2.45) is 7.05 Å². The van der Waals surface area contributed by atoms with Crippen molar-refractivity contribution < 1.29 is 14.3 Å². The lowest BCUT2D eigenvalue weighted by Crippen LogP contribution is -2.36. The maximum Gasteiger partial charge on any atom is 0.410 e. The molecule has 0 aromatic carbocycles. The number of rotatable bonds is 5. The van der Waals surface area contributed by atoms with Crippen LogP contribution >= 0.6 is 15.9 Å². The molecule has 120 valence electrons. The molecule has 1 aromatic heterocycles. The molecule has 0 N–H and O–H groups in total. The number of aromatic nitrogens is 2. The van der Waals surface area contributed by atoms with Gasteiger partial charge in [-0.05, 0) is 43.6 Å². The van der Waals surface area contributed by atoms with Gasteiger partial charge in [0.1, 0.15) is 10.2 Å². The Morgan fingerprint density at radius 3 is 2.52 bits per heavy atom. The van der Waals surface area contributed by atoms with Gasteiger partial charge in [0, 0.05) is 26.2 Å². The zero-order chi connectivity index (χ0) is 16.2. The quantitative estimate of drug-likeness (QED) is 0.756. The van der Waals surface area contributed by atoms with Crippen LogP contribution in [0.4, 0.5) is 4.79 Å². The van der Waals surface area contributed by atoms with Gasteiger partial charge >= 0.3 is 6.09 Å². The maximum atomic E-state index is 11.8. The zero-order valence-corrected chi connectivity index (χ0v) is 15.2. The molecule has 0 bridgehead atoms. The summed E-state index contributed by atoms with van der Waals surface area (Å²) in [5.74, 6) is 0. The Balaban J connectivity index is 2.34. The fourth-order valence-electron chi connectivity index (χ4n) is 1.60. The molecule has 0 aliphatic carbocycles. The molecule has 1 aromatic rings. The van der Waals surface area contributed by atoms with Crippen molar-refractivity contribution in [2.75, 3.05) is 20.2 Å². The summed E-state index contributed by atoms with van der Waals surface area (Å²) in [6.45, 7) is 8.85. The summed E-state index contributed by atoms with van der Waals surface area (Å²) in [6.07, 6.45) is -0.345. The van der Waals surface area contributed by atoms with Crippen molar-refractivity contribution >= 4 is 22.0 Å². The van der Waals surface area contributed by atoms with Gasteiger partial charge in [-0.25, -0.2) is 4.79 Å². The van der Waals surface area contributed by atoms with Crippen LogP contribution in [0.5, 0.6) is 0 Å². The highest BCUT2D eigenvalue weighted by Gasteiger charge is 2.19. The van der Waals surface area contributed by atoms with Crippen LogP contribution < -0.4 is 0 Å². The lowest BCUT2D eigenvalue weighted by atomic mass is 10.2. The Labute approximate surface area is 134 Å². The van der Waals surface area contributed by atoms with Gasteiger partial charge in [-0.2, -0.15) is 5.10 Å². The molecule has 0 saturated heterocycles. The minimum atomic E-state index is -0.483. The van der Waals surface area contributed by atoms with Crippen molar-refractivity contribution in [3.8, 4) is 0 Å². The summed E-state index contributed by atoms with van der Waals surface area (Å²) in [6, 6.07) is 0. The SMILES string of the molecule is Cc1c(COCCN(C)C(=O)OC(C)(C)C)nn(C)c1Br. The molecule has 0 atom stereocenters. The number of carbonyl (C=O) groups is 1. The van der Waals surface area contributed by atoms with Crippen LogP contribution in [-0.4, -0.2) is 46.6 Å². The van der Waals surface area contributed by atoms with Crippen LogP contribution in [0.25, 0.3) is 0 Å². The number of hydrogen-bond donors (Lipinski definition) is 0. The van der Waals surface area contributed by atoms with Gasteiger partial charge in [0.2, 0.25) is 0 Å². The van der Waals surface area contributed by atoms with Gasteiger partial charge in [0.05, 0.1) is 18.9 Å². The third-order valence-corrected chi connectivity index (χ3v) is 3.92. The highest BCUT2D eigenvalue weighted by atomic mass is 79.9. The number of halogens is 1. The topological polar surface area (TPSA) is 56.6 Å². The highest BCUT2D eigenvalue weighted by molar-refractivity contribution is 9.10. The lowest BCUT2D eigenvalue weighted by Gasteiger charge is -2.24. The largest absolute Gasteiger partial charge is 0.444 e. The number of nitrogens with zero attached hydrogens (tertiary/aromatic N) is 3. The molecule has 6 nitrogen and oxygen atoms in total. The van der Waals surface area contributed by atoms with Crippen LogP contribution in [0.1, 0.15) is 32.0 Å². The van der Waals surface area contributed by atoms with E-state index in [1.54, 1.807) is 11.7 Å². The Morgan fingerprint density at radius 1 is 1.43 bits per heavy atom. The van der Waals surface area contributed by atoms with E-state index in [0.29, 0.717) is 19.8 Å². The second-order valence-corrected chi connectivity index (χ2v) is 6.69. The summed E-state index contributed by atoms with van der Waals surface area (Å²) < 4.78 is 13.6. The second-order valence-electron chi connectivity index (χ2n) is 5.94. The minimum Gasteiger partial charge on any atom is -0.444 e. The summed E-state index contributed by atoms with van der Waals surface area (Å²) in [7, 11) is 3.57. The van der Waals surface area contributed by atoms with Crippen LogP contribution in [0, 0.1) is 6.92 Å². The summed E-state index contributed by atoms with van der Waals surface area (Å²) in [5.41, 5.74) is 1.48. The van der Waals surface area contributed by atoms with E-state index in [4.69, 9.17) is 9.47 Å². The van der Waals surface area contributed by atoms with Crippen molar-refractivity contribution in [3.05, 3.63) is 15.9 Å². The number of carbonyl (C=O) groups excluding carboxylic acids is 1. The number of likely N-dealkylation sites (N-methyl/N-ethyl adjacent to an activating group) is 1. The summed E-state index contributed by atoms with van der Waals surface area (Å²) in [5, 5.41) is 4.35. The standard InChI is InChI=1S/C14H24BrN3O3/c1-10-11(16-18(6)12(10)15)9-20-8-7-17(5)13(19)21-14(2,3)4/h7-9H2,1-6H3. The molecule has 0 radical (unpaired) electrons. The van der Waals surface area contributed by atoms with Crippen molar-refractivity contribution in [1.29, 1.82) is 0 Å². The Kier molecular flexibility index (Phi) is 6.22. The van der Waals surface area contributed by atoms with Gasteiger partial charge in [0.25, 0.3) is 0 Å². The third-order valence-electron chi connectivity index (χ3n) is 2.81. The number of aryl methyl sites for hydroxylation is 1. The Hall–Kier alpha value is -1.08. The third kappa shape index (κ3) is 5.67. The van der Waals surface area contributed by atoms with E-state index < -0.39 is 5.60 Å². The smallest absolute Gasteiger partial charge is 0.410 e. The lowest BCUT2D eigenvalue weighted by molar-refractivity contribution is 0.0219. The summed E-state index contributed by atoms with van der Waals surface area (Å²) in [4.78, 5) is 13.3. The predicted octanol–water partition coefficient (Wildman–Crippen LogP) is 2.87. The van der Waals surface area contributed by atoms with Gasteiger partial charge in [0.15, 0.2) is 0 Å². The van der Waals surface area contributed by atoms with Crippen molar-refractivity contribution in [3.63, 3.8) is 0 Å². The minimum absolute atomic E-state index is 0.345. The Morgan fingerprint density at radius 2 is 2.05 bits per heavy atom. The van der Waals surface area contributed by atoms with Crippen LogP contribution in [0.2, 0.25) is 0 Å². The second kappa shape index (κ2) is 7.26. The first-order valence-corrected chi connectivity index (χ1v) is 7.61. The molecule has 1 amide bonds. The molecule has 1 heterocycles. The van der Waals surface area contributed by atoms with E-state index in [-0.39, 0.29) is 6.09 Å². The molecule has 0 spiro atoms. The molecule has 1 rings (SSSR count). The van der Waals surface area contributed by atoms with E-state index in [0.717, 1.165) is 15.9 Å². The fraction of sp³-hybridized carbons (Fsp3) is 0.714. The maximum absolute atomic E-state index is 11.8. The molecule has 21 heavy (non-hydrogen) atoms. The normalized spacial score (nSPS) is 11.6. The Bertz CT molecular complexity index is 494. The van der Waals surface area contributed by atoms with E-state index >= 15 is 0 Å². The summed E-state index contributed by atoms with van der Waals surface area (Å²) >= 11 is 3.45. The number of amides is 1. The van der Waals surface area contributed by atoms with Crippen molar-refractivity contribution in [1.82, 2.24) is 14.7 Å². The van der Waals surface area contributed by atoms with Gasteiger partial charge in [-0.1, -0.05) is 0 Å². The molecule has 0 fully saturated rings. The van der Waals surface area contributed by atoms with Gasteiger partial charge < -0.3 is 14.4 Å². The molecular formula is C14H24BrN3O3. The van der Waals surface area contributed by atoms with E-state index in [1.165, 1.54) is 4.90 Å². The van der Waals surface area contributed by atoms with E-state index in [1.807, 2.05) is 34.7 Å². The highest BCUT2D eigenvalue weighted by Crippen LogP contribution is 2.18. The van der Waals surface area contributed by atoms with Crippen LogP contribution in [0.15, 0.2) is 4.60 Å². The van der Waals surface area contributed by atoms with Gasteiger partial charge in [-0.15, -0.1) is 0 Å². The molecule has 0 aliphatic heterocycles. The van der Waals surface area contributed by atoms with Crippen LogP contribution in [0.3, 0.4) is 0 Å². The predicted molar refractivity (Wildman–Crippen MR) is 84.2 cm³/mol. The first kappa shape index (κ1) is 18.0. The van der Waals surface area contributed by atoms with E-state index in [9.17, 15) is 4.79 Å². The molecule has 0 unspecified atom stereocenters. The number of hydrogen-bond acceptors (Lipinski definition) is 4. The average Bonchev–Trinajstić information content (AvgIpc) is 2.60. The average molecular weight is 362 g/mol. The number of ether oxygens (including phenoxy) is 2. The zero-order valence-electron chi connectivity index (χ0n) is 13.6. The monoisotopic (exact) mass is 361 g/mol. The first-order chi connectivity index (χ1) is 9.61.